The second-order valence-electron chi connectivity index (χ2n) is 2.57. The molecule has 0 aromatic heterocycles. The molecule has 0 bridgehead atoms. The Hall–Kier alpha value is -0.120. The normalized spacial score (nSPS) is 11.7. The molecule has 0 saturated heterocycles. The first-order chi connectivity index (χ1) is 5.60. The third-order valence-corrected chi connectivity index (χ3v) is 2.09. The standard InChI is InChI=1S/C8H15ClO3/c1-8(11-2,12-3)7(10)5-4-6-9/h4-6H2,1-3H3. The number of methoxy groups -OCH3 is 2. The Morgan fingerprint density at radius 3 is 2.25 bits per heavy atom. The molecule has 0 unspecified atom stereocenters. The van der Waals surface area contributed by atoms with E-state index in [2.05, 4.69) is 0 Å². The number of Topliss-reactive ketones (excluding diaryl/α,β-unsaturated/α-hetero) is 1. The zero-order valence-corrected chi connectivity index (χ0v) is 8.48. The Labute approximate surface area is 78.0 Å². The van der Waals surface area contributed by atoms with E-state index in [-0.39, 0.29) is 5.78 Å². The van der Waals surface area contributed by atoms with Crippen LogP contribution in [0, 0.1) is 0 Å². The van der Waals surface area contributed by atoms with E-state index in [1.54, 1.807) is 6.92 Å². The first-order valence-electron chi connectivity index (χ1n) is 3.80. The predicted octanol–water partition coefficient (Wildman–Crippen LogP) is 1.58. The zero-order chi connectivity index (χ0) is 9.61. The number of rotatable bonds is 6. The van der Waals surface area contributed by atoms with Gasteiger partial charge in [-0.2, -0.15) is 0 Å². The number of carbonyl (C=O) groups excluding carboxylic acids is 1. The van der Waals surface area contributed by atoms with Crippen LogP contribution in [0.5, 0.6) is 0 Å². The van der Waals surface area contributed by atoms with Crippen molar-refractivity contribution in [3.8, 4) is 0 Å². The van der Waals surface area contributed by atoms with Crippen LogP contribution in [-0.4, -0.2) is 31.7 Å². The van der Waals surface area contributed by atoms with E-state index >= 15 is 0 Å². The molecule has 0 aliphatic carbocycles. The molecule has 0 N–H and O–H groups in total. The largest absolute Gasteiger partial charge is 0.347 e. The molecule has 0 aromatic carbocycles. The van der Waals surface area contributed by atoms with Crippen molar-refractivity contribution in [2.24, 2.45) is 0 Å². The lowest BCUT2D eigenvalue weighted by Crippen LogP contribution is -2.39. The van der Waals surface area contributed by atoms with Crippen LogP contribution >= 0.6 is 11.6 Å². The number of ether oxygens (including phenoxy) is 2. The zero-order valence-electron chi connectivity index (χ0n) is 7.72. The average Bonchev–Trinajstić information content (AvgIpc) is 2.12. The number of ketones is 1. The van der Waals surface area contributed by atoms with Crippen LogP contribution in [0.15, 0.2) is 0 Å². The molecular formula is C8H15ClO3. The molecule has 72 valence electrons. The molecular weight excluding hydrogens is 180 g/mol. The minimum Gasteiger partial charge on any atom is -0.347 e. The van der Waals surface area contributed by atoms with Crippen molar-refractivity contribution in [3.63, 3.8) is 0 Å². The van der Waals surface area contributed by atoms with E-state index in [1.165, 1.54) is 14.2 Å². The molecule has 0 amide bonds. The smallest absolute Gasteiger partial charge is 0.225 e. The Morgan fingerprint density at radius 2 is 1.92 bits per heavy atom. The molecule has 0 heterocycles. The molecule has 0 radical (unpaired) electrons. The lowest BCUT2D eigenvalue weighted by Gasteiger charge is -2.24. The fourth-order valence-corrected chi connectivity index (χ4v) is 0.899. The van der Waals surface area contributed by atoms with Crippen LogP contribution in [0.3, 0.4) is 0 Å². The van der Waals surface area contributed by atoms with Crippen LogP contribution in [0.2, 0.25) is 0 Å². The summed E-state index contributed by atoms with van der Waals surface area (Å²) in [5.74, 6) is -0.699. The third kappa shape index (κ3) is 3.09. The molecule has 0 aromatic rings. The molecule has 4 heteroatoms. The lowest BCUT2D eigenvalue weighted by molar-refractivity contribution is -0.198. The highest BCUT2D eigenvalue weighted by Gasteiger charge is 2.31. The van der Waals surface area contributed by atoms with E-state index in [0.717, 1.165) is 0 Å². The van der Waals surface area contributed by atoms with E-state index in [9.17, 15) is 4.79 Å². The molecule has 0 atom stereocenters. The van der Waals surface area contributed by atoms with Gasteiger partial charge in [0, 0.05) is 26.5 Å². The number of carbonyl (C=O) groups is 1. The number of hydrogen-bond acceptors (Lipinski definition) is 3. The quantitative estimate of drug-likeness (QED) is 0.476. The maximum atomic E-state index is 11.4. The van der Waals surface area contributed by atoms with Gasteiger partial charge in [-0.1, -0.05) is 0 Å². The van der Waals surface area contributed by atoms with Gasteiger partial charge in [-0.15, -0.1) is 11.6 Å². The van der Waals surface area contributed by atoms with Crippen LogP contribution in [0.25, 0.3) is 0 Å². The number of halogens is 1. The third-order valence-electron chi connectivity index (χ3n) is 1.82. The predicted molar refractivity (Wildman–Crippen MR) is 47.4 cm³/mol. The fourth-order valence-electron chi connectivity index (χ4n) is 0.765. The van der Waals surface area contributed by atoms with E-state index in [4.69, 9.17) is 21.1 Å². The van der Waals surface area contributed by atoms with Gasteiger partial charge in [-0.05, 0) is 13.3 Å². The Balaban J connectivity index is 4.03. The van der Waals surface area contributed by atoms with Crippen molar-refractivity contribution in [2.45, 2.75) is 25.6 Å². The molecule has 0 fully saturated rings. The van der Waals surface area contributed by atoms with E-state index in [0.29, 0.717) is 18.7 Å². The molecule has 0 spiro atoms. The Morgan fingerprint density at radius 1 is 1.42 bits per heavy atom. The van der Waals surface area contributed by atoms with Gasteiger partial charge in [-0.25, -0.2) is 0 Å². The average molecular weight is 195 g/mol. The van der Waals surface area contributed by atoms with Crippen LogP contribution in [0.1, 0.15) is 19.8 Å². The van der Waals surface area contributed by atoms with Gasteiger partial charge in [0.05, 0.1) is 0 Å². The molecule has 0 aliphatic rings. The SMILES string of the molecule is COC(C)(OC)C(=O)CCCCl. The maximum Gasteiger partial charge on any atom is 0.225 e. The van der Waals surface area contributed by atoms with E-state index < -0.39 is 5.79 Å². The van der Waals surface area contributed by atoms with Crippen molar-refractivity contribution in [1.82, 2.24) is 0 Å². The molecule has 12 heavy (non-hydrogen) atoms. The summed E-state index contributed by atoms with van der Waals surface area (Å²) in [6.45, 7) is 1.60. The van der Waals surface area contributed by atoms with Crippen molar-refractivity contribution in [2.75, 3.05) is 20.1 Å². The van der Waals surface area contributed by atoms with Gasteiger partial charge in [-0.3, -0.25) is 4.79 Å². The highest BCUT2D eigenvalue weighted by molar-refractivity contribution is 6.17. The lowest BCUT2D eigenvalue weighted by atomic mass is 10.1. The summed E-state index contributed by atoms with van der Waals surface area (Å²) in [6.07, 6.45) is 1.05. The summed E-state index contributed by atoms with van der Waals surface area (Å²) in [5, 5.41) is 0. The van der Waals surface area contributed by atoms with Gasteiger partial charge in [0.15, 0.2) is 5.78 Å². The van der Waals surface area contributed by atoms with Gasteiger partial charge in [0.2, 0.25) is 5.79 Å². The maximum absolute atomic E-state index is 11.4. The first-order valence-corrected chi connectivity index (χ1v) is 4.33. The summed E-state index contributed by atoms with van der Waals surface area (Å²) in [7, 11) is 2.89. The van der Waals surface area contributed by atoms with Crippen LogP contribution in [-0.2, 0) is 14.3 Å². The van der Waals surface area contributed by atoms with E-state index in [1.807, 2.05) is 0 Å². The summed E-state index contributed by atoms with van der Waals surface area (Å²) >= 11 is 5.45. The number of alkyl halides is 1. The second-order valence-corrected chi connectivity index (χ2v) is 2.95. The summed E-state index contributed by atoms with van der Waals surface area (Å²) < 4.78 is 9.86. The van der Waals surface area contributed by atoms with Crippen LogP contribution in [0.4, 0.5) is 0 Å². The van der Waals surface area contributed by atoms with Crippen molar-refractivity contribution in [1.29, 1.82) is 0 Å². The second kappa shape index (κ2) is 5.51. The highest BCUT2D eigenvalue weighted by Crippen LogP contribution is 2.14. The summed E-state index contributed by atoms with van der Waals surface area (Å²) in [5.41, 5.74) is 0. The Bertz CT molecular complexity index is 143. The molecule has 0 rings (SSSR count). The monoisotopic (exact) mass is 194 g/mol. The summed E-state index contributed by atoms with van der Waals surface area (Å²) in [6, 6.07) is 0. The van der Waals surface area contributed by atoms with Gasteiger partial charge >= 0.3 is 0 Å². The Kier molecular flexibility index (Phi) is 5.46. The van der Waals surface area contributed by atoms with Gasteiger partial charge < -0.3 is 9.47 Å². The van der Waals surface area contributed by atoms with Crippen molar-refractivity contribution in [3.05, 3.63) is 0 Å². The van der Waals surface area contributed by atoms with Crippen molar-refractivity contribution >= 4 is 17.4 Å². The molecule has 3 nitrogen and oxygen atoms in total. The fraction of sp³-hybridized carbons (Fsp3) is 0.875. The first kappa shape index (κ1) is 11.9. The van der Waals surface area contributed by atoms with Gasteiger partial charge in [0.1, 0.15) is 0 Å². The number of hydrogen-bond donors (Lipinski definition) is 0. The minimum absolute atomic E-state index is 0.0758. The van der Waals surface area contributed by atoms with Crippen LogP contribution < -0.4 is 0 Å². The molecule has 0 saturated carbocycles. The topological polar surface area (TPSA) is 35.5 Å². The minimum atomic E-state index is -1.11. The highest BCUT2D eigenvalue weighted by atomic mass is 35.5. The van der Waals surface area contributed by atoms with Crippen molar-refractivity contribution < 1.29 is 14.3 Å². The molecule has 0 aliphatic heterocycles. The van der Waals surface area contributed by atoms with Gasteiger partial charge in [0.25, 0.3) is 0 Å². The summed E-state index contributed by atoms with van der Waals surface area (Å²) in [4.78, 5) is 11.4.